The van der Waals surface area contributed by atoms with E-state index in [1.807, 2.05) is 11.0 Å². The predicted octanol–water partition coefficient (Wildman–Crippen LogP) is 5.47. The van der Waals surface area contributed by atoms with Crippen LogP contribution < -0.4 is 10.1 Å². The van der Waals surface area contributed by atoms with Crippen molar-refractivity contribution < 1.29 is 9.53 Å². The second-order valence-electron chi connectivity index (χ2n) is 8.92. The molecule has 5 heteroatoms. The summed E-state index contributed by atoms with van der Waals surface area (Å²) in [7, 11) is 1.70. The number of benzene rings is 2. The van der Waals surface area contributed by atoms with Crippen molar-refractivity contribution in [1.29, 1.82) is 0 Å². The van der Waals surface area contributed by atoms with Gasteiger partial charge < -0.3 is 19.9 Å². The van der Waals surface area contributed by atoms with Gasteiger partial charge in [0.05, 0.1) is 13.2 Å². The number of rotatable bonds is 3. The van der Waals surface area contributed by atoms with E-state index in [9.17, 15) is 4.79 Å². The Bertz CT molecular complexity index is 1100. The Hall–Kier alpha value is -2.95. The van der Waals surface area contributed by atoms with Gasteiger partial charge in [-0.2, -0.15) is 0 Å². The van der Waals surface area contributed by atoms with Crippen molar-refractivity contribution in [1.82, 2.24) is 15.2 Å². The third-order valence-corrected chi connectivity index (χ3v) is 7.01. The van der Waals surface area contributed by atoms with Crippen LogP contribution >= 0.6 is 0 Å². The average molecular weight is 418 g/mol. The highest BCUT2D eigenvalue weighted by Crippen LogP contribution is 2.40. The highest BCUT2D eigenvalue weighted by atomic mass is 16.5. The zero-order chi connectivity index (χ0) is 21.4. The molecule has 2 aromatic carbocycles. The monoisotopic (exact) mass is 417 g/mol. The molecular formula is C26H31N3O2. The van der Waals surface area contributed by atoms with Gasteiger partial charge in [-0.05, 0) is 61.1 Å². The lowest BCUT2D eigenvalue weighted by molar-refractivity contribution is 0.172. The minimum atomic E-state index is -0.119. The molecule has 0 radical (unpaired) electrons. The van der Waals surface area contributed by atoms with Crippen molar-refractivity contribution in [3.05, 3.63) is 64.8 Å². The number of ether oxygens (including phenoxy) is 1. The molecule has 162 valence electrons. The summed E-state index contributed by atoms with van der Waals surface area (Å²) in [4.78, 5) is 19.2. The van der Waals surface area contributed by atoms with Crippen LogP contribution in [0.1, 0.15) is 60.5 Å². The fourth-order valence-electron chi connectivity index (χ4n) is 5.33. The van der Waals surface area contributed by atoms with Crippen LogP contribution in [0.5, 0.6) is 5.75 Å². The van der Waals surface area contributed by atoms with Gasteiger partial charge in [0.15, 0.2) is 0 Å². The number of hydrogen-bond acceptors (Lipinski definition) is 2. The number of aromatic nitrogens is 1. The summed E-state index contributed by atoms with van der Waals surface area (Å²) >= 11 is 0. The predicted molar refractivity (Wildman–Crippen MR) is 124 cm³/mol. The van der Waals surface area contributed by atoms with Gasteiger partial charge in [-0.25, -0.2) is 4.79 Å². The molecule has 0 spiro atoms. The Morgan fingerprint density at radius 2 is 1.94 bits per heavy atom. The Morgan fingerprint density at radius 3 is 2.71 bits per heavy atom. The van der Waals surface area contributed by atoms with E-state index in [0.717, 1.165) is 36.2 Å². The first-order valence-corrected chi connectivity index (χ1v) is 11.5. The number of aryl methyl sites for hydroxylation is 1. The molecule has 5 nitrogen and oxygen atoms in total. The van der Waals surface area contributed by atoms with Crippen LogP contribution in [0.15, 0.2) is 42.5 Å². The Balaban J connectivity index is 1.57. The number of H-pyrrole nitrogens is 1. The van der Waals surface area contributed by atoms with Gasteiger partial charge in [-0.3, -0.25) is 0 Å². The van der Waals surface area contributed by atoms with E-state index in [1.54, 1.807) is 7.11 Å². The smallest absolute Gasteiger partial charge is 0.318 e. The Morgan fingerprint density at radius 1 is 1.13 bits per heavy atom. The lowest BCUT2D eigenvalue weighted by atomic mass is 9.90. The summed E-state index contributed by atoms with van der Waals surface area (Å²) < 4.78 is 5.47. The van der Waals surface area contributed by atoms with Crippen molar-refractivity contribution in [2.45, 2.75) is 57.5 Å². The molecule has 2 N–H and O–H groups in total. The van der Waals surface area contributed by atoms with E-state index in [-0.39, 0.29) is 12.1 Å². The number of nitrogens with one attached hydrogen (secondary N) is 2. The van der Waals surface area contributed by atoms with E-state index in [1.165, 1.54) is 41.3 Å². The standard InChI is InChI=1S/C26H31N3O2/c1-17-8-6-7-11-20(17)25-24-21(22-16-19(31-2)12-13-23(22)28-24)14-15-29(25)26(30)27-18-9-4-3-5-10-18/h6-8,11-13,16,18,25,28H,3-5,9-10,14-15H2,1-2H3,(H,27,30)/t25-/m0/s1. The van der Waals surface area contributed by atoms with E-state index >= 15 is 0 Å². The van der Waals surface area contributed by atoms with Crippen molar-refractivity contribution in [3.63, 3.8) is 0 Å². The molecule has 0 bridgehead atoms. The fraction of sp³-hybridized carbons (Fsp3) is 0.423. The molecule has 31 heavy (non-hydrogen) atoms. The van der Waals surface area contributed by atoms with E-state index in [4.69, 9.17) is 4.74 Å². The van der Waals surface area contributed by atoms with Gasteiger partial charge >= 0.3 is 6.03 Å². The van der Waals surface area contributed by atoms with Gasteiger partial charge in [-0.15, -0.1) is 0 Å². The molecule has 2 heterocycles. The largest absolute Gasteiger partial charge is 0.497 e. The lowest BCUT2D eigenvalue weighted by Gasteiger charge is -2.38. The molecule has 0 saturated heterocycles. The summed E-state index contributed by atoms with van der Waals surface area (Å²) in [5, 5.41) is 4.54. The lowest BCUT2D eigenvalue weighted by Crippen LogP contribution is -2.49. The van der Waals surface area contributed by atoms with Crippen LogP contribution in [0.25, 0.3) is 10.9 Å². The number of fused-ring (bicyclic) bond motifs is 3. The van der Waals surface area contributed by atoms with Crippen molar-refractivity contribution in [2.24, 2.45) is 0 Å². The SMILES string of the molecule is COc1ccc2[nH]c3c(c2c1)CCN(C(=O)NC1CCCCC1)[C@H]3c1ccccc1C. The third kappa shape index (κ3) is 3.67. The molecule has 2 aliphatic rings. The van der Waals surface area contributed by atoms with Gasteiger partial charge in [0.2, 0.25) is 0 Å². The van der Waals surface area contributed by atoms with E-state index in [2.05, 4.69) is 53.6 Å². The topological polar surface area (TPSA) is 57.4 Å². The third-order valence-electron chi connectivity index (χ3n) is 7.01. The summed E-state index contributed by atoms with van der Waals surface area (Å²) in [6.45, 7) is 2.83. The molecule has 1 saturated carbocycles. The molecule has 1 aromatic heterocycles. The van der Waals surface area contributed by atoms with Gasteiger partial charge in [0.25, 0.3) is 0 Å². The first-order valence-electron chi connectivity index (χ1n) is 11.5. The molecule has 1 aliphatic heterocycles. The molecular weight excluding hydrogens is 386 g/mol. The molecule has 1 aliphatic carbocycles. The number of nitrogens with zero attached hydrogens (tertiary/aromatic N) is 1. The maximum atomic E-state index is 13.5. The number of methoxy groups -OCH3 is 1. The molecule has 2 amide bonds. The van der Waals surface area contributed by atoms with E-state index < -0.39 is 0 Å². The van der Waals surface area contributed by atoms with Crippen molar-refractivity contribution in [3.8, 4) is 5.75 Å². The van der Waals surface area contributed by atoms with Crippen molar-refractivity contribution >= 4 is 16.9 Å². The van der Waals surface area contributed by atoms with Gasteiger partial charge in [-0.1, -0.05) is 43.5 Å². The number of urea groups is 1. The molecule has 3 aromatic rings. The maximum absolute atomic E-state index is 13.5. The minimum absolute atomic E-state index is 0.0574. The first kappa shape index (κ1) is 20.0. The Kier molecular flexibility index (Phi) is 5.34. The van der Waals surface area contributed by atoms with E-state index in [0.29, 0.717) is 12.6 Å². The van der Waals surface area contributed by atoms with Crippen LogP contribution in [-0.4, -0.2) is 35.6 Å². The van der Waals surface area contributed by atoms with Crippen molar-refractivity contribution in [2.75, 3.05) is 13.7 Å². The molecule has 1 atom stereocenters. The average Bonchev–Trinajstić information content (AvgIpc) is 3.17. The van der Waals surface area contributed by atoms with Crippen LogP contribution in [0.2, 0.25) is 0 Å². The summed E-state index contributed by atoms with van der Waals surface area (Å²) in [6.07, 6.45) is 6.71. The quantitative estimate of drug-likeness (QED) is 0.593. The summed E-state index contributed by atoms with van der Waals surface area (Å²) in [5.74, 6) is 0.860. The first-order chi connectivity index (χ1) is 15.2. The zero-order valence-electron chi connectivity index (χ0n) is 18.4. The number of carbonyl (C=O) groups is 1. The summed E-state index contributed by atoms with van der Waals surface area (Å²) in [6, 6.07) is 14.8. The highest BCUT2D eigenvalue weighted by Gasteiger charge is 2.36. The number of amides is 2. The highest BCUT2D eigenvalue weighted by molar-refractivity contribution is 5.87. The molecule has 5 rings (SSSR count). The second kappa shape index (κ2) is 8.29. The minimum Gasteiger partial charge on any atom is -0.497 e. The van der Waals surface area contributed by atoms with Crippen LogP contribution in [0.3, 0.4) is 0 Å². The van der Waals surface area contributed by atoms with Crippen LogP contribution in [-0.2, 0) is 6.42 Å². The van der Waals surface area contributed by atoms with Gasteiger partial charge in [0.1, 0.15) is 5.75 Å². The normalized spacial score (nSPS) is 19.3. The fourth-order valence-corrected chi connectivity index (χ4v) is 5.33. The number of hydrogen-bond donors (Lipinski definition) is 2. The Labute approximate surface area is 183 Å². The molecule has 0 unspecified atom stereocenters. The zero-order valence-corrected chi connectivity index (χ0v) is 18.4. The molecule has 1 fully saturated rings. The van der Waals surface area contributed by atoms with Crippen LogP contribution in [0, 0.1) is 6.92 Å². The summed E-state index contributed by atoms with van der Waals surface area (Å²) in [5.41, 5.74) is 5.90. The number of carbonyl (C=O) groups excluding carboxylic acids is 1. The second-order valence-corrected chi connectivity index (χ2v) is 8.92. The van der Waals surface area contributed by atoms with Gasteiger partial charge in [0, 0.05) is 29.2 Å². The maximum Gasteiger partial charge on any atom is 0.318 e. The van der Waals surface area contributed by atoms with Crippen LogP contribution in [0.4, 0.5) is 4.79 Å². The number of aromatic amines is 1.